The number of carbonyl (C=O) groups excluding carboxylic acids is 1. The summed E-state index contributed by atoms with van der Waals surface area (Å²) in [6, 6.07) is 3.46. The van der Waals surface area contributed by atoms with E-state index in [9.17, 15) is 9.59 Å². The van der Waals surface area contributed by atoms with Crippen LogP contribution in [-0.2, 0) is 4.79 Å². The Hall–Kier alpha value is -2.31. The smallest absolute Gasteiger partial charge is 0.407 e. The van der Waals surface area contributed by atoms with Crippen molar-refractivity contribution in [2.75, 3.05) is 13.1 Å². The monoisotopic (exact) mass is 293 g/mol. The zero-order valence-electron chi connectivity index (χ0n) is 12.1. The highest BCUT2D eigenvalue weighted by Gasteiger charge is 2.27. The Morgan fingerprint density at radius 1 is 1.52 bits per heavy atom. The third-order valence-electron chi connectivity index (χ3n) is 3.38. The Labute approximate surface area is 122 Å². The maximum atomic E-state index is 11.0. The largest absolute Gasteiger partial charge is 0.472 e. The number of hydrogen-bond acceptors (Lipinski definition) is 4. The molecule has 0 saturated carbocycles. The zero-order chi connectivity index (χ0) is 15.4. The standard InChI is InChI=1S/C14H19N3O4/c1-9(16-10(2)18)11-3-4-13(15-7-11)21-12-5-6-17(8-12)14(19)20/h3-4,7,9,12H,5-6,8H2,1-2H3,(H,16,18)(H,19,20). The Kier molecular flexibility index (Phi) is 4.62. The molecule has 1 aromatic heterocycles. The van der Waals surface area contributed by atoms with Gasteiger partial charge in [-0.2, -0.15) is 0 Å². The van der Waals surface area contributed by atoms with Crippen LogP contribution in [0.25, 0.3) is 0 Å². The number of hydrogen-bond donors (Lipinski definition) is 2. The maximum absolute atomic E-state index is 11.0. The fourth-order valence-electron chi connectivity index (χ4n) is 2.27. The van der Waals surface area contributed by atoms with Gasteiger partial charge in [0.25, 0.3) is 0 Å². The molecule has 0 bridgehead atoms. The Morgan fingerprint density at radius 2 is 2.29 bits per heavy atom. The van der Waals surface area contributed by atoms with Crippen LogP contribution in [0.2, 0.25) is 0 Å². The van der Waals surface area contributed by atoms with Crippen molar-refractivity contribution in [3.63, 3.8) is 0 Å². The minimum absolute atomic E-state index is 0.0949. The number of ether oxygens (including phenoxy) is 1. The van der Waals surface area contributed by atoms with Crippen molar-refractivity contribution in [1.82, 2.24) is 15.2 Å². The molecule has 0 aliphatic carbocycles. The average molecular weight is 293 g/mol. The number of carboxylic acid groups (broad SMARTS) is 1. The summed E-state index contributed by atoms with van der Waals surface area (Å²) < 4.78 is 5.67. The zero-order valence-corrected chi connectivity index (χ0v) is 12.1. The summed E-state index contributed by atoms with van der Waals surface area (Å²) in [4.78, 5) is 27.4. The minimum Gasteiger partial charge on any atom is -0.472 e. The number of amides is 2. The molecule has 0 spiro atoms. The molecular weight excluding hydrogens is 274 g/mol. The lowest BCUT2D eigenvalue weighted by Gasteiger charge is -2.15. The maximum Gasteiger partial charge on any atom is 0.407 e. The van der Waals surface area contributed by atoms with E-state index in [0.717, 1.165) is 5.56 Å². The molecule has 2 atom stereocenters. The fraction of sp³-hybridized carbons (Fsp3) is 0.500. The number of aromatic nitrogens is 1. The number of rotatable bonds is 4. The SMILES string of the molecule is CC(=O)NC(C)c1ccc(OC2CCN(C(=O)O)C2)nc1. The van der Waals surface area contributed by atoms with E-state index in [2.05, 4.69) is 10.3 Å². The molecule has 0 radical (unpaired) electrons. The van der Waals surface area contributed by atoms with Crippen LogP contribution in [-0.4, -0.2) is 46.2 Å². The second kappa shape index (κ2) is 6.43. The van der Waals surface area contributed by atoms with Gasteiger partial charge in [0.1, 0.15) is 6.10 Å². The minimum atomic E-state index is -0.923. The van der Waals surface area contributed by atoms with Gasteiger partial charge in [-0.3, -0.25) is 4.79 Å². The molecule has 21 heavy (non-hydrogen) atoms. The predicted octanol–water partition coefficient (Wildman–Crippen LogP) is 1.41. The molecule has 2 heterocycles. The molecule has 1 saturated heterocycles. The summed E-state index contributed by atoms with van der Waals surface area (Å²) in [6.07, 6.45) is 1.23. The summed E-state index contributed by atoms with van der Waals surface area (Å²) in [6.45, 7) is 4.19. The van der Waals surface area contributed by atoms with Crippen molar-refractivity contribution in [3.05, 3.63) is 23.9 Å². The topological polar surface area (TPSA) is 91.8 Å². The van der Waals surface area contributed by atoms with Crippen LogP contribution in [0.1, 0.15) is 31.9 Å². The summed E-state index contributed by atoms with van der Waals surface area (Å²) >= 11 is 0. The number of likely N-dealkylation sites (tertiary alicyclic amines) is 1. The van der Waals surface area contributed by atoms with Gasteiger partial charge in [-0.1, -0.05) is 6.07 Å². The summed E-state index contributed by atoms with van der Waals surface area (Å²) in [7, 11) is 0. The van der Waals surface area contributed by atoms with Gasteiger partial charge in [0, 0.05) is 32.2 Å². The van der Waals surface area contributed by atoms with Crippen LogP contribution in [0.3, 0.4) is 0 Å². The third kappa shape index (κ3) is 4.08. The number of pyridine rings is 1. The van der Waals surface area contributed by atoms with Crippen molar-refractivity contribution < 1.29 is 19.4 Å². The van der Waals surface area contributed by atoms with E-state index < -0.39 is 6.09 Å². The van der Waals surface area contributed by atoms with E-state index in [4.69, 9.17) is 9.84 Å². The van der Waals surface area contributed by atoms with Gasteiger partial charge in [-0.15, -0.1) is 0 Å². The van der Waals surface area contributed by atoms with E-state index in [0.29, 0.717) is 25.4 Å². The lowest BCUT2D eigenvalue weighted by molar-refractivity contribution is -0.119. The van der Waals surface area contributed by atoms with Crippen LogP contribution in [0, 0.1) is 0 Å². The normalized spacial score (nSPS) is 19.1. The van der Waals surface area contributed by atoms with Gasteiger partial charge >= 0.3 is 6.09 Å². The number of carbonyl (C=O) groups is 2. The van der Waals surface area contributed by atoms with Crippen LogP contribution >= 0.6 is 0 Å². The van der Waals surface area contributed by atoms with Gasteiger partial charge < -0.3 is 20.1 Å². The third-order valence-corrected chi connectivity index (χ3v) is 3.38. The Bertz CT molecular complexity index is 517. The van der Waals surface area contributed by atoms with E-state index in [1.807, 2.05) is 13.0 Å². The van der Waals surface area contributed by atoms with Crippen molar-refractivity contribution in [2.45, 2.75) is 32.4 Å². The molecule has 1 aliphatic rings. The molecule has 114 valence electrons. The van der Waals surface area contributed by atoms with E-state index in [1.54, 1.807) is 12.3 Å². The second-order valence-corrected chi connectivity index (χ2v) is 5.11. The highest BCUT2D eigenvalue weighted by molar-refractivity contribution is 5.73. The first kappa shape index (κ1) is 15.1. The Balaban J connectivity index is 1.91. The molecule has 1 aromatic rings. The highest BCUT2D eigenvalue weighted by atomic mass is 16.5. The molecule has 7 heteroatoms. The van der Waals surface area contributed by atoms with Gasteiger partial charge in [-0.05, 0) is 12.5 Å². The lowest BCUT2D eigenvalue weighted by Crippen LogP contribution is -2.29. The molecule has 0 aromatic carbocycles. The molecule has 1 aliphatic heterocycles. The highest BCUT2D eigenvalue weighted by Crippen LogP contribution is 2.19. The summed E-state index contributed by atoms with van der Waals surface area (Å²) in [5.41, 5.74) is 0.885. The molecule has 2 rings (SSSR count). The molecule has 7 nitrogen and oxygen atoms in total. The summed E-state index contributed by atoms with van der Waals surface area (Å²) in [5.74, 6) is 0.369. The number of nitrogens with zero attached hydrogens (tertiary/aromatic N) is 2. The molecule has 2 unspecified atom stereocenters. The van der Waals surface area contributed by atoms with Crippen LogP contribution in [0.15, 0.2) is 18.3 Å². The quantitative estimate of drug-likeness (QED) is 0.875. The van der Waals surface area contributed by atoms with Gasteiger partial charge in [-0.25, -0.2) is 9.78 Å². The molecule has 2 N–H and O–H groups in total. The first-order valence-corrected chi connectivity index (χ1v) is 6.83. The first-order chi connectivity index (χ1) is 9.95. The molecule has 2 amide bonds. The Morgan fingerprint density at radius 3 is 2.81 bits per heavy atom. The van der Waals surface area contributed by atoms with Crippen molar-refractivity contribution in [3.8, 4) is 5.88 Å². The summed E-state index contributed by atoms with van der Waals surface area (Å²) in [5, 5.41) is 11.7. The van der Waals surface area contributed by atoms with E-state index in [-0.39, 0.29) is 18.1 Å². The van der Waals surface area contributed by atoms with Crippen LogP contribution in [0.5, 0.6) is 5.88 Å². The molecular formula is C14H19N3O4. The van der Waals surface area contributed by atoms with Gasteiger partial charge in [0.15, 0.2) is 0 Å². The fourth-order valence-corrected chi connectivity index (χ4v) is 2.27. The van der Waals surface area contributed by atoms with Gasteiger partial charge in [0.05, 0.1) is 12.6 Å². The number of nitrogens with one attached hydrogen (secondary N) is 1. The average Bonchev–Trinajstić information content (AvgIpc) is 2.87. The molecule has 1 fully saturated rings. The lowest BCUT2D eigenvalue weighted by atomic mass is 10.1. The van der Waals surface area contributed by atoms with Crippen molar-refractivity contribution >= 4 is 12.0 Å². The van der Waals surface area contributed by atoms with Crippen molar-refractivity contribution in [1.29, 1.82) is 0 Å². The van der Waals surface area contributed by atoms with Crippen LogP contribution in [0.4, 0.5) is 4.79 Å². The van der Waals surface area contributed by atoms with Crippen LogP contribution < -0.4 is 10.1 Å². The predicted molar refractivity (Wildman–Crippen MR) is 75.1 cm³/mol. The van der Waals surface area contributed by atoms with E-state index in [1.165, 1.54) is 11.8 Å². The second-order valence-electron chi connectivity index (χ2n) is 5.11. The van der Waals surface area contributed by atoms with E-state index >= 15 is 0 Å². The van der Waals surface area contributed by atoms with Gasteiger partial charge in [0.2, 0.25) is 11.8 Å². The first-order valence-electron chi connectivity index (χ1n) is 6.83. The van der Waals surface area contributed by atoms with Crippen molar-refractivity contribution in [2.24, 2.45) is 0 Å².